The molecule has 0 saturated heterocycles. The summed E-state index contributed by atoms with van der Waals surface area (Å²) in [6.45, 7) is 0. The van der Waals surface area contributed by atoms with Crippen LogP contribution in [0.5, 0.6) is 0 Å². The van der Waals surface area contributed by atoms with E-state index < -0.39 is 4.92 Å². The van der Waals surface area contributed by atoms with Gasteiger partial charge in [-0.1, -0.05) is 0 Å². The maximum atomic E-state index is 10.4. The lowest BCUT2D eigenvalue weighted by atomic mass is 10.7. The Kier molecular flexibility index (Phi) is 3.14. The number of hydrazone groups is 1. The molecule has 0 aromatic carbocycles. The van der Waals surface area contributed by atoms with Crippen molar-refractivity contribution in [2.45, 2.75) is 0 Å². The van der Waals surface area contributed by atoms with Crippen molar-refractivity contribution in [3.8, 4) is 0 Å². The van der Waals surface area contributed by atoms with Crippen molar-refractivity contribution in [2.75, 3.05) is 16.9 Å². The number of H-pyrrole nitrogens is 1. The zero-order valence-corrected chi connectivity index (χ0v) is 9.31. The van der Waals surface area contributed by atoms with E-state index in [-0.39, 0.29) is 29.5 Å². The lowest BCUT2D eigenvalue weighted by Gasteiger charge is -1.99. The number of nitrogens with one attached hydrogen (secondary N) is 2. The van der Waals surface area contributed by atoms with E-state index in [0.29, 0.717) is 0 Å². The molecule has 0 aliphatic heterocycles. The molecule has 0 bridgehead atoms. The van der Waals surface area contributed by atoms with Crippen LogP contribution in [0, 0.1) is 10.1 Å². The zero-order chi connectivity index (χ0) is 13.8. The fraction of sp³-hybridized carbons (Fsp3) is 0. The molecule has 0 saturated carbocycles. The second-order valence-corrected chi connectivity index (χ2v) is 3.16. The van der Waals surface area contributed by atoms with Gasteiger partial charge in [0.2, 0.25) is 23.7 Å². The van der Waals surface area contributed by atoms with Gasteiger partial charge in [-0.15, -0.1) is 0 Å². The van der Waals surface area contributed by atoms with Crippen molar-refractivity contribution in [2.24, 2.45) is 5.10 Å². The van der Waals surface area contributed by atoms with Gasteiger partial charge < -0.3 is 21.6 Å². The third-order valence-electron chi connectivity index (χ3n) is 1.80. The van der Waals surface area contributed by atoms with Gasteiger partial charge >= 0.3 is 5.82 Å². The lowest BCUT2D eigenvalue weighted by molar-refractivity contribution is -0.389. The first-order valence-corrected chi connectivity index (χ1v) is 4.80. The van der Waals surface area contributed by atoms with Gasteiger partial charge in [-0.2, -0.15) is 20.1 Å². The summed E-state index contributed by atoms with van der Waals surface area (Å²) in [7, 11) is 0. The standard InChI is InChI=1S/C7H8N10O2/c8-5-13-6(9)15-7(14-5)16-11-1-3-10-2-4(12-3)17(18)19/h1-2H,(H,10,12)(H5,8,9,13,14,15,16)/b11-1+. The van der Waals surface area contributed by atoms with Gasteiger partial charge in [-0.3, -0.25) is 0 Å². The Morgan fingerprint density at radius 3 is 2.63 bits per heavy atom. The quantitative estimate of drug-likeness (QED) is 0.308. The molecule has 2 aromatic rings. The van der Waals surface area contributed by atoms with E-state index in [1.807, 2.05) is 0 Å². The number of aromatic amines is 1. The summed E-state index contributed by atoms with van der Waals surface area (Å²) < 4.78 is 0. The highest BCUT2D eigenvalue weighted by atomic mass is 16.6. The van der Waals surface area contributed by atoms with Crippen LogP contribution in [-0.4, -0.2) is 36.1 Å². The summed E-state index contributed by atoms with van der Waals surface area (Å²) in [4.78, 5) is 26.9. The Balaban J connectivity index is 2.04. The molecule has 2 heterocycles. The SMILES string of the molecule is Nc1nc(N)nc(N/N=C/c2ncc([N+](=O)[O-])[nH]2)n1. The number of rotatable bonds is 4. The highest BCUT2D eigenvalue weighted by Crippen LogP contribution is 2.05. The molecule has 6 N–H and O–H groups in total. The van der Waals surface area contributed by atoms with E-state index in [1.165, 1.54) is 6.21 Å². The predicted octanol–water partition coefficient (Wildman–Crippen LogP) is -0.887. The molecular weight excluding hydrogens is 256 g/mol. The van der Waals surface area contributed by atoms with Gasteiger partial charge in [0.15, 0.2) is 0 Å². The van der Waals surface area contributed by atoms with Gasteiger partial charge in [0.1, 0.15) is 12.4 Å². The minimum atomic E-state index is -0.606. The third-order valence-corrected chi connectivity index (χ3v) is 1.80. The van der Waals surface area contributed by atoms with Crippen LogP contribution in [0.4, 0.5) is 23.7 Å². The topological polar surface area (TPSA) is 187 Å². The number of nitrogens with two attached hydrogens (primary N) is 2. The predicted molar refractivity (Wildman–Crippen MR) is 65.1 cm³/mol. The Morgan fingerprint density at radius 2 is 2.05 bits per heavy atom. The smallest absolute Gasteiger partial charge is 0.340 e. The van der Waals surface area contributed by atoms with Crippen LogP contribution in [0.2, 0.25) is 0 Å². The average Bonchev–Trinajstić information content (AvgIpc) is 2.76. The first kappa shape index (κ1) is 12.2. The van der Waals surface area contributed by atoms with Crippen molar-refractivity contribution in [3.05, 3.63) is 22.1 Å². The summed E-state index contributed by atoms with van der Waals surface area (Å²) in [6.07, 6.45) is 2.28. The van der Waals surface area contributed by atoms with Crippen molar-refractivity contribution in [1.29, 1.82) is 0 Å². The number of nitro groups is 1. The third kappa shape index (κ3) is 3.09. The van der Waals surface area contributed by atoms with E-state index in [0.717, 1.165) is 6.20 Å². The van der Waals surface area contributed by atoms with Gasteiger partial charge in [0.25, 0.3) is 0 Å². The van der Waals surface area contributed by atoms with E-state index in [9.17, 15) is 10.1 Å². The van der Waals surface area contributed by atoms with E-state index in [4.69, 9.17) is 11.5 Å². The Morgan fingerprint density at radius 1 is 1.37 bits per heavy atom. The summed E-state index contributed by atoms with van der Waals surface area (Å²) in [5, 5.41) is 14.1. The van der Waals surface area contributed by atoms with Gasteiger partial charge in [0.05, 0.1) is 0 Å². The van der Waals surface area contributed by atoms with Crippen molar-refractivity contribution < 1.29 is 4.92 Å². The van der Waals surface area contributed by atoms with Gasteiger partial charge in [-0.25, -0.2) is 15.4 Å². The van der Waals surface area contributed by atoms with Crippen LogP contribution in [-0.2, 0) is 0 Å². The molecule has 19 heavy (non-hydrogen) atoms. The van der Waals surface area contributed by atoms with Gasteiger partial charge in [0, 0.05) is 0 Å². The molecular formula is C7H8N10O2. The van der Waals surface area contributed by atoms with Gasteiger partial charge in [-0.05, 0) is 4.92 Å². The summed E-state index contributed by atoms with van der Waals surface area (Å²) in [6, 6.07) is 0. The molecule has 98 valence electrons. The van der Waals surface area contributed by atoms with Crippen molar-refractivity contribution in [1.82, 2.24) is 24.9 Å². The fourth-order valence-electron chi connectivity index (χ4n) is 1.10. The minimum absolute atomic E-state index is 0.0438. The molecule has 12 nitrogen and oxygen atoms in total. The number of imidazole rings is 1. The highest BCUT2D eigenvalue weighted by Gasteiger charge is 2.07. The summed E-state index contributed by atoms with van der Waals surface area (Å²) in [5.41, 5.74) is 13.1. The number of nitrogen functional groups attached to an aromatic ring is 2. The molecule has 0 radical (unpaired) electrons. The van der Waals surface area contributed by atoms with Crippen LogP contribution in [0.1, 0.15) is 5.82 Å². The maximum Gasteiger partial charge on any atom is 0.340 e. The molecule has 0 spiro atoms. The van der Waals surface area contributed by atoms with Crippen LogP contribution in [0.25, 0.3) is 0 Å². The maximum absolute atomic E-state index is 10.4. The summed E-state index contributed by atoms with van der Waals surface area (Å²) >= 11 is 0. The van der Waals surface area contributed by atoms with Crippen LogP contribution in [0.3, 0.4) is 0 Å². The molecule has 12 heteroatoms. The summed E-state index contributed by atoms with van der Waals surface area (Å²) in [5.74, 6) is -0.121. The molecule has 2 aromatic heterocycles. The molecule has 0 atom stereocenters. The molecule has 0 amide bonds. The highest BCUT2D eigenvalue weighted by molar-refractivity contribution is 5.75. The molecule has 0 unspecified atom stereocenters. The monoisotopic (exact) mass is 264 g/mol. The van der Waals surface area contributed by atoms with E-state index >= 15 is 0 Å². The normalized spacial score (nSPS) is 10.7. The van der Waals surface area contributed by atoms with E-state index in [2.05, 4.69) is 35.4 Å². The molecule has 0 aliphatic carbocycles. The lowest BCUT2D eigenvalue weighted by Crippen LogP contribution is -2.06. The Bertz CT molecular complexity index is 614. The number of hydrogen-bond acceptors (Lipinski definition) is 10. The number of anilines is 3. The van der Waals surface area contributed by atoms with Crippen molar-refractivity contribution in [3.63, 3.8) is 0 Å². The number of aromatic nitrogens is 5. The molecule has 0 aliphatic rings. The molecule has 0 fully saturated rings. The van der Waals surface area contributed by atoms with Crippen LogP contribution >= 0.6 is 0 Å². The second kappa shape index (κ2) is 4.91. The minimum Gasteiger partial charge on any atom is -0.368 e. The van der Waals surface area contributed by atoms with Crippen molar-refractivity contribution >= 4 is 29.9 Å². The number of hydrogen-bond donors (Lipinski definition) is 4. The second-order valence-electron chi connectivity index (χ2n) is 3.16. The fourth-order valence-corrected chi connectivity index (χ4v) is 1.10. The molecule has 2 rings (SSSR count). The largest absolute Gasteiger partial charge is 0.368 e. The number of nitrogens with zero attached hydrogens (tertiary/aromatic N) is 6. The zero-order valence-electron chi connectivity index (χ0n) is 9.31. The van der Waals surface area contributed by atoms with Crippen LogP contribution < -0.4 is 16.9 Å². The average molecular weight is 264 g/mol. The van der Waals surface area contributed by atoms with E-state index in [1.54, 1.807) is 0 Å². The first-order valence-electron chi connectivity index (χ1n) is 4.80. The Labute approximate surface area is 105 Å². The van der Waals surface area contributed by atoms with Crippen LogP contribution in [0.15, 0.2) is 11.3 Å². The first-order chi connectivity index (χ1) is 9.04. The Hall–Kier alpha value is -3.31.